The standard InChI is InChI=1S/C21H26FN7O13P2/c22-12-14(30)10(40-20(12)28-3-1-2-9(4-28)18(24)33)5-38-43(34,35)42-44(36,37)39-6-11-15(31)16(32)21(41-11)29-8-27-13-17(23)25-7-26-19(13)29/h1-4,7-8,10-12,14-16,20-21,30-32H,5-6H2,(H5-,23,24,25,26,33,34,35,36,37)/p+1/t10-,11-,12-,14?,15?,16+,20-,21-/m1/s1. The zero-order valence-electron chi connectivity index (χ0n) is 22.2. The summed E-state index contributed by atoms with van der Waals surface area (Å²) in [5.41, 5.74) is 11.3. The molecule has 2 aliphatic heterocycles. The van der Waals surface area contributed by atoms with E-state index in [4.69, 9.17) is 20.9 Å². The highest BCUT2D eigenvalue weighted by atomic mass is 31.3. The molecule has 9 N–H and O–H groups in total. The summed E-state index contributed by atoms with van der Waals surface area (Å²) in [4.78, 5) is 43.2. The van der Waals surface area contributed by atoms with Gasteiger partial charge in [-0.1, -0.05) is 0 Å². The molecule has 0 radical (unpaired) electrons. The van der Waals surface area contributed by atoms with Crippen LogP contribution in [0.2, 0.25) is 0 Å². The van der Waals surface area contributed by atoms with Gasteiger partial charge in [-0.3, -0.25) is 18.4 Å². The number of imidazole rings is 1. The van der Waals surface area contributed by atoms with Crippen LogP contribution in [0.5, 0.6) is 0 Å². The third-order valence-corrected chi connectivity index (χ3v) is 9.30. The molecule has 1 amide bonds. The highest BCUT2D eigenvalue weighted by Gasteiger charge is 2.51. The molecule has 0 aromatic carbocycles. The van der Waals surface area contributed by atoms with Crippen molar-refractivity contribution in [2.45, 2.75) is 49.1 Å². The number of nitrogen functional groups attached to an aromatic ring is 1. The SMILES string of the molecule is NC(=O)c1ccc[n+]([C@@H]2O[C@H](COP(=O)(O)OP(=O)(O)OC[C@H]3O[C@@H](n4cnc5c(N)ncnc54)[C@@H](O)C3O)C(O)[C@H]2F)c1. The van der Waals surface area contributed by atoms with Crippen LogP contribution in [0.15, 0.2) is 37.2 Å². The van der Waals surface area contributed by atoms with Crippen LogP contribution in [0.1, 0.15) is 22.8 Å². The van der Waals surface area contributed by atoms with Gasteiger partial charge in [0.15, 0.2) is 30.1 Å². The Labute approximate surface area is 245 Å². The number of aromatic nitrogens is 5. The third kappa shape index (κ3) is 6.64. The summed E-state index contributed by atoms with van der Waals surface area (Å²) in [5.74, 6) is -0.761. The molecule has 3 aromatic heterocycles. The van der Waals surface area contributed by atoms with E-state index in [9.17, 15) is 43.4 Å². The van der Waals surface area contributed by atoms with E-state index in [-0.39, 0.29) is 22.5 Å². The van der Waals surface area contributed by atoms with E-state index in [1.807, 2.05) is 0 Å². The Morgan fingerprint density at radius 1 is 1.05 bits per heavy atom. The number of amides is 1. The summed E-state index contributed by atoms with van der Waals surface area (Å²) in [7, 11) is -10.8. The van der Waals surface area contributed by atoms with Gasteiger partial charge in [0, 0.05) is 6.07 Å². The molecule has 3 aromatic rings. The minimum atomic E-state index is -5.41. The van der Waals surface area contributed by atoms with Crippen molar-refractivity contribution in [1.82, 2.24) is 19.5 Å². The van der Waals surface area contributed by atoms with Crippen LogP contribution in [0.25, 0.3) is 11.2 Å². The number of phosphoric acid groups is 2. The van der Waals surface area contributed by atoms with Crippen molar-refractivity contribution >= 4 is 38.5 Å². The second-order valence-corrected chi connectivity index (χ2v) is 12.7. The lowest BCUT2D eigenvalue weighted by molar-refractivity contribution is -0.764. The Bertz CT molecular complexity index is 1630. The Morgan fingerprint density at radius 2 is 1.70 bits per heavy atom. The number of fused-ring (bicyclic) bond motifs is 1. The van der Waals surface area contributed by atoms with E-state index >= 15 is 0 Å². The van der Waals surface area contributed by atoms with Crippen LogP contribution in [0, 0.1) is 0 Å². The number of ether oxygens (including phenoxy) is 2. The Kier molecular flexibility index (Phi) is 9.11. The minimum Gasteiger partial charge on any atom is -0.387 e. The molecular weight excluding hydrogens is 639 g/mol. The number of hydrogen-bond acceptors (Lipinski definition) is 15. The maximum Gasteiger partial charge on any atom is 0.481 e. The highest BCUT2D eigenvalue weighted by Crippen LogP contribution is 2.60. The highest BCUT2D eigenvalue weighted by molar-refractivity contribution is 7.61. The first-order chi connectivity index (χ1) is 20.7. The lowest BCUT2D eigenvalue weighted by atomic mass is 10.1. The van der Waals surface area contributed by atoms with Crippen LogP contribution < -0.4 is 16.0 Å². The van der Waals surface area contributed by atoms with Crippen LogP contribution in [-0.2, 0) is 32.0 Å². The first-order valence-electron chi connectivity index (χ1n) is 12.6. The molecule has 0 saturated carbocycles. The predicted molar refractivity (Wildman–Crippen MR) is 138 cm³/mol. The zero-order chi connectivity index (χ0) is 32.0. The van der Waals surface area contributed by atoms with Gasteiger partial charge in [0.2, 0.25) is 6.17 Å². The van der Waals surface area contributed by atoms with E-state index in [0.29, 0.717) is 0 Å². The maximum atomic E-state index is 14.8. The number of primary amides is 1. The number of anilines is 1. The molecule has 44 heavy (non-hydrogen) atoms. The lowest BCUT2D eigenvalue weighted by Gasteiger charge is -2.20. The Hall–Kier alpha value is -3.04. The van der Waals surface area contributed by atoms with Crippen molar-refractivity contribution in [3.63, 3.8) is 0 Å². The predicted octanol–water partition coefficient (Wildman–Crippen LogP) is -2.04. The number of aliphatic hydroxyl groups excluding tert-OH is 3. The molecule has 0 spiro atoms. The monoisotopic (exact) mass is 666 g/mol. The number of carbonyl (C=O) groups is 1. The fraction of sp³-hybridized carbons (Fsp3) is 0.476. The maximum absolute atomic E-state index is 14.8. The number of phosphoric ester groups is 2. The van der Waals surface area contributed by atoms with Gasteiger partial charge in [-0.2, -0.15) is 8.88 Å². The quantitative estimate of drug-likeness (QED) is 0.0856. The number of aliphatic hydroxyl groups is 3. The summed E-state index contributed by atoms with van der Waals surface area (Å²) in [6, 6.07) is 2.74. The van der Waals surface area contributed by atoms with Crippen LogP contribution in [0.3, 0.4) is 0 Å². The fourth-order valence-electron chi connectivity index (χ4n) is 4.54. The smallest absolute Gasteiger partial charge is 0.387 e. The molecule has 23 heteroatoms. The molecule has 240 valence electrons. The molecule has 2 fully saturated rings. The van der Waals surface area contributed by atoms with E-state index in [2.05, 4.69) is 28.3 Å². The summed E-state index contributed by atoms with van der Waals surface area (Å²) in [5, 5.41) is 31.1. The van der Waals surface area contributed by atoms with Gasteiger partial charge < -0.3 is 46.0 Å². The number of nitrogens with zero attached hydrogens (tertiary/aromatic N) is 5. The van der Waals surface area contributed by atoms with E-state index in [1.165, 1.54) is 35.4 Å². The molecule has 2 aliphatic rings. The first-order valence-corrected chi connectivity index (χ1v) is 15.6. The molecule has 10 atom stereocenters. The molecule has 2 saturated heterocycles. The summed E-state index contributed by atoms with van der Waals surface area (Å²) in [6.45, 7) is -1.89. The molecule has 4 unspecified atom stereocenters. The van der Waals surface area contributed by atoms with Gasteiger partial charge in [0.25, 0.3) is 12.1 Å². The fourth-order valence-corrected chi connectivity index (χ4v) is 6.63. The number of halogens is 1. The minimum absolute atomic E-state index is 0.0139. The van der Waals surface area contributed by atoms with Crippen molar-refractivity contribution in [2.24, 2.45) is 5.73 Å². The number of hydrogen-bond donors (Lipinski definition) is 7. The van der Waals surface area contributed by atoms with Crippen molar-refractivity contribution in [1.29, 1.82) is 0 Å². The second-order valence-electron chi connectivity index (χ2n) is 9.64. The normalized spacial score (nSPS) is 31.6. The number of alkyl halides is 1. The van der Waals surface area contributed by atoms with Crippen molar-refractivity contribution in [3.8, 4) is 0 Å². The molecular formula is C21H27FN7O13P2+. The van der Waals surface area contributed by atoms with E-state index in [1.54, 1.807) is 0 Å². The van der Waals surface area contributed by atoms with Gasteiger partial charge >= 0.3 is 15.6 Å². The van der Waals surface area contributed by atoms with Crippen LogP contribution >= 0.6 is 15.6 Å². The van der Waals surface area contributed by atoms with Gasteiger partial charge in [0.05, 0.1) is 19.5 Å². The van der Waals surface area contributed by atoms with Gasteiger partial charge in [-0.05, 0) is 6.07 Å². The third-order valence-electron chi connectivity index (χ3n) is 6.70. The van der Waals surface area contributed by atoms with Gasteiger partial charge in [-0.15, -0.1) is 0 Å². The Balaban J connectivity index is 1.16. The topological polar surface area (TPSA) is 298 Å². The van der Waals surface area contributed by atoms with Crippen molar-refractivity contribution in [3.05, 3.63) is 42.7 Å². The number of carbonyl (C=O) groups excluding carboxylic acids is 1. The molecule has 0 bridgehead atoms. The van der Waals surface area contributed by atoms with Crippen LogP contribution in [-0.4, -0.2) is 100 Å². The first kappa shape index (κ1) is 32.4. The molecule has 5 heterocycles. The van der Waals surface area contributed by atoms with Crippen LogP contribution in [0.4, 0.5) is 10.2 Å². The largest absolute Gasteiger partial charge is 0.481 e. The molecule has 0 aliphatic carbocycles. The van der Waals surface area contributed by atoms with E-state index in [0.717, 1.165) is 10.9 Å². The number of nitrogens with two attached hydrogens (primary N) is 2. The zero-order valence-corrected chi connectivity index (χ0v) is 24.0. The summed E-state index contributed by atoms with van der Waals surface area (Å²) in [6.07, 6.45) is -8.14. The Morgan fingerprint density at radius 3 is 2.36 bits per heavy atom. The van der Waals surface area contributed by atoms with E-state index < -0.39 is 83.9 Å². The lowest BCUT2D eigenvalue weighted by Crippen LogP contribution is -2.45. The molecule has 20 nitrogen and oxygen atoms in total. The van der Waals surface area contributed by atoms with Gasteiger partial charge in [-0.25, -0.2) is 28.5 Å². The second kappa shape index (κ2) is 12.4. The van der Waals surface area contributed by atoms with Crippen molar-refractivity contribution < 1.29 is 70.8 Å². The number of pyridine rings is 1. The summed E-state index contributed by atoms with van der Waals surface area (Å²) < 4.78 is 66.4. The summed E-state index contributed by atoms with van der Waals surface area (Å²) >= 11 is 0. The number of rotatable bonds is 11. The van der Waals surface area contributed by atoms with Crippen molar-refractivity contribution in [2.75, 3.05) is 18.9 Å². The molecule has 5 rings (SSSR count). The average Bonchev–Trinajstić information content (AvgIpc) is 3.61. The van der Waals surface area contributed by atoms with Gasteiger partial charge in [0.1, 0.15) is 47.9 Å². The average molecular weight is 666 g/mol.